The van der Waals surface area contributed by atoms with Crippen LogP contribution in [0.1, 0.15) is 10.9 Å². The van der Waals surface area contributed by atoms with Crippen molar-refractivity contribution < 1.29 is 13.9 Å². The van der Waals surface area contributed by atoms with Crippen LogP contribution in [-0.4, -0.2) is 30.3 Å². The van der Waals surface area contributed by atoms with E-state index in [4.69, 9.17) is 4.74 Å². The van der Waals surface area contributed by atoms with Gasteiger partial charge in [-0.05, 0) is 29.8 Å². The maximum Gasteiger partial charge on any atom is 0.323 e. The third kappa shape index (κ3) is 3.59. The smallest absolute Gasteiger partial charge is 0.323 e. The van der Waals surface area contributed by atoms with Crippen molar-refractivity contribution in [1.29, 1.82) is 0 Å². The molecule has 1 saturated heterocycles. The normalized spacial score (nSPS) is 17.1. The van der Waals surface area contributed by atoms with Crippen LogP contribution in [-0.2, 0) is 0 Å². The van der Waals surface area contributed by atoms with Crippen LogP contribution in [0.4, 0.5) is 14.9 Å². The van der Waals surface area contributed by atoms with Crippen molar-refractivity contribution in [3.05, 3.63) is 59.9 Å². The number of amides is 2. The molecule has 0 aromatic heterocycles. The number of benzene rings is 2. The number of nitrogens with zero attached hydrogens (tertiary/aromatic N) is 1. The number of methoxy groups -OCH3 is 1. The number of thioether (sulfide) groups is 1. The fourth-order valence-corrected chi connectivity index (χ4v) is 3.73. The summed E-state index contributed by atoms with van der Waals surface area (Å²) in [6, 6.07) is 13.4. The molecule has 2 aromatic rings. The molecule has 2 amide bonds. The summed E-state index contributed by atoms with van der Waals surface area (Å²) in [6.45, 7) is 0.655. The Kier molecular flexibility index (Phi) is 4.71. The van der Waals surface area contributed by atoms with Gasteiger partial charge in [0.1, 0.15) is 16.9 Å². The van der Waals surface area contributed by atoms with E-state index in [1.807, 2.05) is 18.2 Å². The van der Waals surface area contributed by atoms with Crippen LogP contribution < -0.4 is 10.1 Å². The molecule has 3 rings (SSSR count). The number of anilines is 1. The number of carbonyl (C=O) groups excluding carboxylic acids is 1. The molecule has 120 valence electrons. The van der Waals surface area contributed by atoms with Crippen LogP contribution >= 0.6 is 11.8 Å². The number of urea groups is 1. The predicted molar refractivity (Wildman–Crippen MR) is 90.3 cm³/mol. The minimum absolute atomic E-state index is 0.0961. The number of hydrogen-bond donors (Lipinski definition) is 1. The molecular formula is C17H17FN2O2S. The Labute approximate surface area is 138 Å². The molecule has 6 heteroatoms. The zero-order chi connectivity index (χ0) is 16.2. The van der Waals surface area contributed by atoms with Gasteiger partial charge in [-0.25, -0.2) is 9.18 Å². The van der Waals surface area contributed by atoms with E-state index < -0.39 is 0 Å². The van der Waals surface area contributed by atoms with E-state index in [0.717, 1.165) is 11.3 Å². The van der Waals surface area contributed by atoms with E-state index in [1.165, 1.54) is 12.1 Å². The number of hydrogen-bond acceptors (Lipinski definition) is 3. The van der Waals surface area contributed by atoms with Crippen LogP contribution in [0.5, 0.6) is 5.75 Å². The third-order valence-corrected chi connectivity index (χ3v) is 4.89. The molecule has 0 aliphatic carbocycles. The van der Waals surface area contributed by atoms with Gasteiger partial charge in [0, 0.05) is 24.1 Å². The topological polar surface area (TPSA) is 41.6 Å². The Hall–Kier alpha value is -2.21. The van der Waals surface area contributed by atoms with Crippen LogP contribution in [0.15, 0.2) is 48.5 Å². The predicted octanol–water partition coefficient (Wildman–Crippen LogP) is 4.11. The lowest BCUT2D eigenvalue weighted by molar-refractivity contribution is 0.214. The maximum atomic E-state index is 13.1. The van der Waals surface area contributed by atoms with Gasteiger partial charge in [-0.15, -0.1) is 11.8 Å². The first-order chi connectivity index (χ1) is 11.2. The van der Waals surface area contributed by atoms with E-state index in [9.17, 15) is 9.18 Å². The Balaban J connectivity index is 1.74. The summed E-state index contributed by atoms with van der Waals surface area (Å²) in [5.41, 5.74) is 1.61. The van der Waals surface area contributed by atoms with E-state index in [1.54, 1.807) is 42.0 Å². The van der Waals surface area contributed by atoms with Gasteiger partial charge in [-0.2, -0.15) is 0 Å². The molecule has 1 aliphatic heterocycles. The summed E-state index contributed by atoms with van der Waals surface area (Å²) in [5, 5.41) is 2.79. The van der Waals surface area contributed by atoms with Gasteiger partial charge in [-0.1, -0.05) is 18.2 Å². The second-order valence-electron chi connectivity index (χ2n) is 5.13. The Morgan fingerprint density at radius 2 is 2.09 bits per heavy atom. The monoisotopic (exact) mass is 332 g/mol. The zero-order valence-corrected chi connectivity index (χ0v) is 13.5. The molecule has 1 atom stereocenters. The lowest BCUT2D eigenvalue weighted by Gasteiger charge is -2.24. The summed E-state index contributed by atoms with van der Waals surface area (Å²) in [6.07, 6.45) is 0. The summed E-state index contributed by atoms with van der Waals surface area (Å²) >= 11 is 1.67. The Morgan fingerprint density at radius 1 is 1.30 bits per heavy atom. The SMILES string of the molecule is COc1cccc(NC(=O)N2CCS[C@@H]2c2ccc(F)cc2)c1. The molecule has 0 unspecified atom stereocenters. The standard InChI is InChI=1S/C17H17FN2O2S/c1-22-15-4-2-3-14(11-15)19-17(21)20-9-10-23-16(20)12-5-7-13(18)8-6-12/h2-8,11,16H,9-10H2,1H3,(H,19,21)/t16-/m1/s1. The molecule has 1 fully saturated rings. The van der Waals surface area contributed by atoms with Gasteiger partial charge in [0.25, 0.3) is 0 Å². The highest BCUT2D eigenvalue weighted by molar-refractivity contribution is 7.99. The highest BCUT2D eigenvalue weighted by Crippen LogP contribution is 2.38. The second-order valence-corrected chi connectivity index (χ2v) is 6.32. The molecular weight excluding hydrogens is 315 g/mol. The summed E-state index contributed by atoms with van der Waals surface area (Å²) in [7, 11) is 1.59. The third-order valence-electron chi connectivity index (χ3n) is 3.63. The molecule has 2 aromatic carbocycles. The fraction of sp³-hybridized carbons (Fsp3) is 0.235. The molecule has 1 heterocycles. The first-order valence-corrected chi connectivity index (χ1v) is 8.31. The summed E-state index contributed by atoms with van der Waals surface area (Å²) in [4.78, 5) is 14.3. The lowest BCUT2D eigenvalue weighted by Crippen LogP contribution is -2.34. The van der Waals surface area contributed by atoms with Gasteiger partial charge in [0.2, 0.25) is 0 Å². The quantitative estimate of drug-likeness (QED) is 0.919. The highest BCUT2D eigenvalue weighted by atomic mass is 32.2. The minimum atomic E-state index is -0.274. The second kappa shape index (κ2) is 6.91. The zero-order valence-electron chi connectivity index (χ0n) is 12.7. The fourth-order valence-electron chi connectivity index (χ4n) is 2.48. The lowest BCUT2D eigenvalue weighted by atomic mass is 10.2. The van der Waals surface area contributed by atoms with Crippen LogP contribution in [0.3, 0.4) is 0 Å². The van der Waals surface area contributed by atoms with Crippen LogP contribution in [0, 0.1) is 5.82 Å². The molecule has 0 saturated carbocycles. The van der Waals surface area contributed by atoms with Crippen molar-refractivity contribution >= 4 is 23.5 Å². The van der Waals surface area contributed by atoms with Crippen molar-refractivity contribution in [3.8, 4) is 5.75 Å². The number of halogens is 1. The van der Waals surface area contributed by atoms with E-state index in [-0.39, 0.29) is 17.2 Å². The van der Waals surface area contributed by atoms with Crippen molar-refractivity contribution in [1.82, 2.24) is 4.90 Å². The average Bonchev–Trinajstić information content (AvgIpc) is 3.05. The summed E-state index contributed by atoms with van der Waals surface area (Å²) in [5.74, 6) is 1.27. The van der Waals surface area contributed by atoms with Gasteiger partial charge in [-0.3, -0.25) is 0 Å². The average molecular weight is 332 g/mol. The molecule has 1 N–H and O–H groups in total. The molecule has 0 spiro atoms. The Bertz CT molecular complexity index is 693. The number of rotatable bonds is 3. The van der Waals surface area contributed by atoms with Gasteiger partial charge in [0.15, 0.2) is 0 Å². The van der Waals surface area contributed by atoms with Gasteiger partial charge >= 0.3 is 6.03 Å². The molecule has 23 heavy (non-hydrogen) atoms. The van der Waals surface area contributed by atoms with E-state index in [2.05, 4.69) is 5.32 Å². The van der Waals surface area contributed by atoms with E-state index in [0.29, 0.717) is 18.0 Å². The number of nitrogens with one attached hydrogen (secondary N) is 1. The Morgan fingerprint density at radius 3 is 2.83 bits per heavy atom. The molecule has 4 nitrogen and oxygen atoms in total. The van der Waals surface area contributed by atoms with Crippen LogP contribution in [0.2, 0.25) is 0 Å². The summed E-state index contributed by atoms with van der Waals surface area (Å²) < 4.78 is 18.2. The maximum absolute atomic E-state index is 13.1. The van der Waals surface area contributed by atoms with E-state index >= 15 is 0 Å². The first-order valence-electron chi connectivity index (χ1n) is 7.26. The van der Waals surface area contributed by atoms with Gasteiger partial charge < -0.3 is 15.0 Å². The highest BCUT2D eigenvalue weighted by Gasteiger charge is 2.30. The first kappa shape index (κ1) is 15.7. The number of ether oxygens (including phenoxy) is 1. The molecule has 1 aliphatic rings. The van der Waals surface area contributed by atoms with Crippen molar-refractivity contribution in [3.63, 3.8) is 0 Å². The molecule has 0 radical (unpaired) electrons. The minimum Gasteiger partial charge on any atom is -0.497 e. The van der Waals surface area contributed by atoms with Crippen molar-refractivity contribution in [2.24, 2.45) is 0 Å². The largest absolute Gasteiger partial charge is 0.497 e. The van der Waals surface area contributed by atoms with Crippen molar-refractivity contribution in [2.45, 2.75) is 5.37 Å². The van der Waals surface area contributed by atoms with Crippen LogP contribution in [0.25, 0.3) is 0 Å². The molecule has 0 bridgehead atoms. The number of carbonyl (C=O) groups is 1. The van der Waals surface area contributed by atoms with Crippen molar-refractivity contribution in [2.75, 3.05) is 24.7 Å². The van der Waals surface area contributed by atoms with Gasteiger partial charge in [0.05, 0.1) is 7.11 Å².